The van der Waals surface area contributed by atoms with E-state index in [1.165, 1.54) is 0 Å². The van der Waals surface area contributed by atoms with Gasteiger partial charge in [-0.3, -0.25) is 4.79 Å². The van der Waals surface area contributed by atoms with Gasteiger partial charge in [0.1, 0.15) is 5.82 Å². The highest BCUT2D eigenvalue weighted by Gasteiger charge is 2.03. The Labute approximate surface area is 139 Å². The fraction of sp³-hybridized carbons (Fsp3) is 0.267. The van der Waals surface area contributed by atoms with Crippen molar-refractivity contribution in [1.82, 2.24) is 10.2 Å². The lowest BCUT2D eigenvalue weighted by Gasteiger charge is -2.07. The van der Waals surface area contributed by atoms with E-state index in [0.717, 1.165) is 12.0 Å². The molecule has 0 aliphatic heterocycles. The molecule has 7 heteroatoms. The Morgan fingerprint density at radius 1 is 1.14 bits per heavy atom. The molecule has 1 aromatic carbocycles. The monoisotopic (exact) mass is 338 g/mol. The Hall–Kier alpha value is -1.85. The van der Waals surface area contributed by atoms with Crippen molar-refractivity contribution < 1.29 is 4.79 Å². The highest BCUT2D eigenvalue weighted by molar-refractivity contribution is 6.35. The van der Waals surface area contributed by atoms with E-state index >= 15 is 0 Å². The smallest absolute Gasteiger partial charge is 0.225 e. The van der Waals surface area contributed by atoms with Gasteiger partial charge in [-0.2, -0.15) is 0 Å². The second-order valence-corrected chi connectivity index (χ2v) is 5.46. The van der Waals surface area contributed by atoms with E-state index in [2.05, 4.69) is 20.8 Å². The van der Waals surface area contributed by atoms with Crippen LogP contribution in [0.1, 0.15) is 18.9 Å². The topological polar surface area (TPSA) is 66.9 Å². The maximum atomic E-state index is 11.2. The first kappa shape index (κ1) is 16.5. The first-order valence-corrected chi connectivity index (χ1v) is 7.65. The van der Waals surface area contributed by atoms with E-state index in [-0.39, 0.29) is 5.91 Å². The summed E-state index contributed by atoms with van der Waals surface area (Å²) in [5.41, 5.74) is 1.01. The van der Waals surface area contributed by atoms with Crippen molar-refractivity contribution in [3.63, 3.8) is 0 Å². The molecule has 1 amide bonds. The number of halogens is 2. The summed E-state index contributed by atoms with van der Waals surface area (Å²) in [5.74, 6) is 0.991. The van der Waals surface area contributed by atoms with E-state index in [4.69, 9.17) is 23.2 Å². The molecule has 1 heterocycles. The predicted octanol–water partition coefficient (Wildman–Crippen LogP) is 3.79. The maximum absolute atomic E-state index is 11.2. The minimum absolute atomic E-state index is 0.0904. The molecule has 22 heavy (non-hydrogen) atoms. The molecule has 0 saturated heterocycles. The quantitative estimate of drug-likeness (QED) is 0.840. The molecule has 1 aromatic heterocycles. The molecule has 0 aliphatic rings. The molecule has 0 radical (unpaired) electrons. The highest BCUT2D eigenvalue weighted by atomic mass is 35.5. The van der Waals surface area contributed by atoms with Crippen molar-refractivity contribution in [2.24, 2.45) is 0 Å². The van der Waals surface area contributed by atoms with Gasteiger partial charge in [-0.05, 0) is 36.2 Å². The van der Waals surface area contributed by atoms with Crippen LogP contribution in [0.15, 0.2) is 30.3 Å². The number of hydrogen-bond acceptors (Lipinski definition) is 4. The van der Waals surface area contributed by atoms with Crippen LogP contribution in [0.2, 0.25) is 10.0 Å². The lowest BCUT2D eigenvalue weighted by molar-refractivity contribution is -0.115. The summed E-state index contributed by atoms with van der Waals surface area (Å²) < 4.78 is 0. The van der Waals surface area contributed by atoms with Gasteiger partial charge >= 0.3 is 0 Å². The van der Waals surface area contributed by atoms with Crippen LogP contribution in [-0.2, 0) is 11.2 Å². The molecule has 0 bridgehead atoms. The van der Waals surface area contributed by atoms with E-state index in [1.54, 1.807) is 25.1 Å². The number of nitrogens with zero attached hydrogens (tertiary/aromatic N) is 2. The zero-order chi connectivity index (χ0) is 15.9. The number of carbonyl (C=O) groups excluding carboxylic acids is 1. The molecule has 2 N–H and O–H groups in total. The zero-order valence-corrected chi connectivity index (χ0v) is 13.6. The SMILES string of the molecule is CCC(=O)Nc1ccc(NCCc2ccc(Cl)cc2Cl)nn1. The van der Waals surface area contributed by atoms with Crippen molar-refractivity contribution >= 4 is 40.7 Å². The minimum Gasteiger partial charge on any atom is -0.368 e. The zero-order valence-electron chi connectivity index (χ0n) is 12.1. The number of amides is 1. The van der Waals surface area contributed by atoms with Crippen LogP contribution < -0.4 is 10.6 Å². The molecule has 116 valence electrons. The number of hydrogen-bond donors (Lipinski definition) is 2. The Morgan fingerprint density at radius 3 is 2.50 bits per heavy atom. The van der Waals surface area contributed by atoms with Gasteiger partial charge in [-0.15, -0.1) is 10.2 Å². The number of nitrogens with one attached hydrogen (secondary N) is 2. The largest absolute Gasteiger partial charge is 0.368 e. The third-order valence-corrected chi connectivity index (χ3v) is 3.56. The van der Waals surface area contributed by atoms with E-state index < -0.39 is 0 Å². The Morgan fingerprint density at radius 2 is 1.86 bits per heavy atom. The lowest BCUT2D eigenvalue weighted by Crippen LogP contribution is -2.12. The molecule has 0 unspecified atom stereocenters. The van der Waals surface area contributed by atoms with Crippen LogP contribution in [0.5, 0.6) is 0 Å². The third-order valence-electron chi connectivity index (χ3n) is 2.97. The summed E-state index contributed by atoms with van der Waals surface area (Å²) in [5, 5.41) is 15.0. The second-order valence-electron chi connectivity index (χ2n) is 4.62. The second kappa shape index (κ2) is 7.96. The summed E-state index contributed by atoms with van der Waals surface area (Å²) in [6.45, 7) is 2.44. The molecule has 2 aromatic rings. The Bertz CT molecular complexity index is 646. The number of carbonyl (C=O) groups is 1. The van der Waals surface area contributed by atoms with Gasteiger partial charge in [-0.25, -0.2) is 0 Å². The van der Waals surface area contributed by atoms with Crippen molar-refractivity contribution in [2.75, 3.05) is 17.2 Å². The van der Waals surface area contributed by atoms with Gasteiger partial charge in [0.2, 0.25) is 5.91 Å². The third kappa shape index (κ3) is 4.86. The molecule has 2 rings (SSSR count). The summed E-state index contributed by atoms with van der Waals surface area (Å²) in [6, 6.07) is 8.92. The molecule has 5 nitrogen and oxygen atoms in total. The number of anilines is 2. The fourth-order valence-corrected chi connectivity index (χ4v) is 2.28. The molecular formula is C15H16Cl2N4O. The highest BCUT2D eigenvalue weighted by Crippen LogP contribution is 2.21. The minimum atomic E-state index is -0.0904. The summed E-state index contributed by atoms with van der Waals surface area (Å²) in [7, 11) is 0. The standard InChI is InChI=1S/C15H16Cl2N4O/c1-2-15(22)19-14-6-5-13(20-21-14)18-8-7-10-3-4-11(16)9-12(10)17/h3-6,9H,2,7-8H2,1H3,(H,18,20)(H,19,21,22). The predicted molar refractivity (Wildman–Crippen MR) is 89.6 cm³/mol. The van der Waals surface area contributed by atoms with E-state index in [9.17, 15) is 4.79 Å². The van der Waals surface area contributed by atoms with Gasteiger partial charge in [0.05, 0.1) is 0 Å². The average Bonchev–Trinajstić information content (AvgIpc) is 2.51. The number of rotatable bonds is 6. The van der Waals surface area contributed by atoms with Gasteiger partial charge in [0.15, 0.2) is 5.82 Å². The van der Waals surface area contributed by atoms with Gasteiger partial charge in [0, 0.05) is 23.0 Å². The van der Waals surface area contributed by atoms with Crippen molar-refractivity contribution in [2.45, 2.75) is 19.8 Å². The van der Waals surface area contributed by atoms with Crippen LogP contribution in [0.4, 0.5) is 11.6 Å². The summed E-state index contributed by atoms with van der Waals surface area (Å²) in [6.07, 6.45) is 1.15. The van der Waals surface area contributed by atoms with E-state index in [1.807, 2.05) is 12.1 Å². The molecular weight excluding hydrogens is 323 g/mol. The fourth-order valence-electron chi connectivity index (χ4n) is 1.77. The van der Waals surface area contributed by atoms with Crippen LogP contribution in [0.3, 0.4) is 0 Å². The lowest BCUT2D eigenvalue weighted by atomic mass is 10.1. The van der Waals surface area contributed by atoms with Crippen molar-refractivity contribution in [3.05, 3.63) is 45.9 Å². The molecule has 0 aliphatic carbocycles. The molecule has 0 saturated carbocycles. The van der Waals surface area contributed by atoms with Crippen LogP contribution in [0.25, 0.3) is 0 Å². The van der Waals surface area contributed by atoms with Gasteiger partial charge in [0.25, 0.3) is 0 Å². The molecule has 0 spiro atoms. The number of aromatic nitrogens is 2. The summed E-state index contributed by atoms with van der Waals surface area (Å²) in [4.78, 5) is 11.2. The first-order chi connectivity index (χ1) is 10.6. The van der Waals surface area contributed by atoms with Gasteiger partial charge in [-0.1, -0.05) is 36.2 Å². The Kier molecular flexibility index (Phi) is 5.98. The molecule has 0 fully saturated rings. The Balaban J connectivity index is 1.85. The average molecular weight is 339 g/mol. The maximum Gasteiger partial charge on any atom is 0.225 e. The normalized spacial score (nSPS) is 10.3. The first-order valence-electron chi connectivity index (χ1n) is 6.90. The van der Waals surface area contributed by atoms with Crippen molar-refractivity contribution in [3.8, 4) is 0 Å². The van der Waals surface area contributed by atoms with E-state index in [0.29, 0.717) is 34.6 Å². The van der Waals surface area contributed by atoms with Crippen LogP contribution >= 0.6 is 23.2 Å². The van der Waals surface area contributed by atoms with Crippen LogP contribution in [0, 0.1) is 0 Å². The summed E-state index contributed by atoms with van der Waals surface area (Å²) >= 11 is 12.0. The van der Waals surface area contributed by atoms with Crippen molar-refractivity contribution in [1.29, 1.82) is 0 Å². The number of benzene rings is 1. The molecule has 0 atom stereocenters. The van der Waals surface area contributed by atoms with Crippen LogP contribution in [-0.4, -0.2) is 22.6 Å². The van der Waals surface area contributed by atoms with Gasteiger partial charge < -0.3 is 10.6 Å².